The first-order valence-electron chi connectivity index (χ1n) is 5.30. The Balaban J connectivity index is 2.68. The molecule has 1 rings (SSSR count). The molecule has 0 aromatic heterocycles. The molecule has 1 heterocycles. The Labute approximate surface area is 91.4 Å². The summed E-state index contributed by atoms with van der Waals surface area (Å²) in [4.78, 5) is 2.22. The van der Waals surface area contributed by atoms with Crippen LogP contribution in [0.2, 0.25) is 0 Å². The van der Waals surface area contributed by atoms with Crippen LogP contribution < -0.4 is 0 Å². The standard InChI is InChI=1S/C9H19NO4S/c1-3-9(8-14-15(11,12)13)6-5-7-10(9)4-2/h3-8H2,1-2H3,(H,11,12,13)/t9-/m0/s1. The zero-order valence-corrected chi connectivity index (χ0v) is 10.1. The Morgan fingerprint density at radius 2 is 2.13 bits per heavy atom. The minimum Gasteiger partial charge on any atom is -0.296 e. The van der Waals surface area contributed by atoms with E-state index in [2.05, 4.69) is 9.08 Å². The van der Waals surface area contributed by atoms with Crippen LogP contribution in [0.25, 0.3) is 0 Å². The normalized spacial score (nSPS) is 28.5. The van der Waals surface area contributed by atoms with Crippen molar-refractivity contribution < 1.29 is 17.2 Å². The highest BCUT2D eigenvalue weighted by Gasteiger charge is 2.39. The molecule has 0 spiro atoms. The molecule has 1 N–H and O–H groups in total. The zero-order valence-electron chi connectivity index (χ0n) is 9.27. The van der Waals surface area contributed by atoms with Gasteiger partial charge >= 0.3 is 10.4 Å². The smallest absolute Gasteiger partial charge is 0.296 e. The van der Waals surface area contributed by atoms with E-state index in [-0.39, 0.29) is 12.1 Å². The van der Waals surface area contributed by atoms with Gasteiger partial charge in [0.1, 0.15) is 0 Å². The van der Waals surface area contributed by atoms with Gasteiger partial charge in [-0.3, -0.25) is 9.45 Å². The van der Waals surface area contributed by atoms with Crippen LogP contribution in [0.1, 0.15) is 33.1 Å². The molecule has 0 bridgehead atoms. The molecule has 5 nitrogen and oxygen atoms in total. The predicted molar refractivity (Wildman–Crippen MR) is 57.0 cm³/mol. The highest BCUT2D eigenvalue weighted by Crippen LogP contribution is 2.32. The van der Waals surface area contributed by atoms with E-state index in [1.165, 1.54) is 0 Å². The molecule has 0 aliphatic carbocycles. The molecule has 1 aliphatic heterocycles. The zero-order chi connectivity index (χ0) is 11.5. The van der Waals surface area contributed by atoms with Gasteiger partial charge in [0.05, 0.1) is 6.61 Å². The van der Waals surface area contributed by atoms with E-state index in [0.717, 1.165) is 32.4 Å². The van der Waals surface area contributed by atoms with Gasteiger partial charge in [0, 0.05) is 5.54 Å². The van der Waals surface area contributed by atoms with E-state index in [0.29, 0.717) is 0 Å². The maximum Gasteiger partial charge on any atom is 0.397 e. The lowest BCUT2D eigenvalue weighted by Gasteiger charge is -2.36. The SMILES string of the molecule is CCN1CCC[C@@]1(CC)COS(=O)(=O)O. The number of likely N-dealkylation sites (tertiary alicyclic amines) is 1. The average Bonchev–Trinajstić information content (AvgIpc) is 2.57. The van der Waals surface area contributed by atoms with Crippen molar-refractivity contribution in [2.24, 2.45) is 0 Å². The number of nitrogens with zero attached hydrogens (tertiary/aromatic N) is 1. The molecule has 1 fully saturated rings. The van der Waals surface area contributed by atoms with Gasteiger partial charge in [-0.25, -0.2) is 4.18 Å². The molecule has 6 heteroatoms. The van der Waals surface area contributed by atoms with Crippen molar-refractivity contribution in [3.05, 3.63) is 0 Å². The first-order chi connectivity index (χ1) is 6.93. The van der Waals surface area contributed by atoms with Crippen LogP contribution in [0, 0.1) is 0 Å². The Morgan fingerprint density at radius 1 is 1.47 bits per heavy atom. The molecule has 0 saturated carbocycles. The minimum absolute atomic E-state index is 0.0518. The Morgan fingerprint density at radius 3 is 2.60 bits per heavy atom. The second kappa shape index (κ2) is 4.78. The molecule has 0 unspecified atom stereocenters. The number of hydrogen-bond acceptors (Lipinski definition) is 4. The first kappa shape index (κ1) is 12.9. The molecule has 0 aromatic rings. The van der Waals surface area contributed by atoms with Gasteiger partial charge in [0.15, 0.2) is 0 Å². The molecule has 0 radical (unpaired) electrons. The van der Waals surface area contributed by atoms with Gasteiger partial charge in [0.25, 0.3) is 0 Å². The second-order valence-corrected chi connectivity index (χ2v) is 5.04. The first-order valence-corrected chi connectivity index (χ1v) is 6.67. The fourth-order valence-electron chi connectivity index (χ4n) is 2.34. The molecule has 15 heavy (non-hydrogen) atoms. The lowest BCUT2D eigenvalue weighted by atomic mass is 9.94. The predicted octanol–water partition coefficient (Wildman–Crippen LogP) is 1.07. The van der Waals surface area contributed by atoms with Gasteiger partial charge in [-0.1, -0.05) is 13.8 Å². The van der Waals surface area contributed by atoms with Crippen LogP contribution in [0.15, 0.2) is 0 Å². The van der Waals surface area contributed by atoms with Gasteiger partial charge in [-0.15, -0.1) is 0 Å². The topological polar surface area (TPSA) is 66.8 Å². The fourth-order valence-corrected chi connectivity index (χ4v) is 2.71. The van der Waals surface area contributed by atoms with Gasteiger partial charge in [-0.05, 0) is 32.4 Å². The third-order valence-corrected chi connectivity index (χ3v) is 3.67. The summed E-state index contributed by atoms with van der Waals surface area (Å²) in [6.45, 7) is 5.96. The summed E-state index contributed by atoms with van der Waals surface area (Å²) >= 11 is 0. The maximum atomic E-state index is 10.6. The van der Waals surface area contributed by atoms with Crippen molar-refractivity contribution in [2.75, 3.05) is 19.7 Å². The van der Waals surface area contributed by atoms with Crippen LogP contribution in [-0.4, -0.2) is 43.1 Å². The summed E-state index contributed by atoms with van der Waals surface area (Å²) in [7, 11) is -4.32. The number of rotatable bonds is 5. The molecule has 1 atom stereocenters. The molecular weight excluding hydrogens is 218 g/mol. The van der Waals surface area contributed by atoms with Crippen molar-refractivity contribution in [3.8, 4) is 0 Å². The van der Waals surface area contributed by atoms with Crippen molar-refractivity contribution in [2.45, 2.75) is 38.6 Å². The second-order valence-electron chi connectivity index (χ2n) is 3.95. The van der Waals surface area contributed by atoms with Crippen LogP contribution in [-0.2, 0) is 14.6 Å². The summed E-state index contributed by atoms with van der Waals surface area (Å²) in [5.74, 6) is 0. The van der Waals surface area contributed by atoms with Crippen molar-refractivity contribution in [1.82, 2.24) is 4.90 Å². The Bertz CT molecular complexity index is 303. The van der Waals surface area contributed by atoms with Crippen molar-refractivity contribution in [3.63, 3.8) is 0 Å². The molecular formula is C9H19NO4S. The van der Waals surface area contributed by atoms with Gasteiger partial charge in [-0.2, -0.15) is 8.42 Å². The maximum absolute atomic E-state index is 10.6. The number of likely N-dealkylation sites (N-methyl/N-ethyl adjacent to an activating group) is 1. The lowest BCUT2D eigenvalue weighted by molar-refractivity contribution is 0.0730. The van der Waals surface area contributed by atoms with Crippen molar-refractivity contribution >= 4 is 10.4 Å². The van der Waals surface area contributed by atoms with Crippen LogP contribution >= 0.6 is 0 Å². The van der Waals surface area contributed by atoms with Gasteiger partial charge in [0.2, 0.25) is 0 Å². The number of hydrogen-bond donors (Lipinski definition) is 1. The van der Waals surface area contributed by atoms with Gasteiger partial charge < -0.3 is 0 Å². The Hall–Kier alpha value is -0.170. The van der Waals surface area contributed by atoms with E-state index < -0.39 is 10.4 Å². The highest BCUT2D eigenvalue weighted by atomic mass is 32.3. The molecule has 1 saturated heterocycles. The molecule has 90 valence electrons. The summed E-state index contributed by atoms with van der Waals surface area (Å²) in [6.07, 6.45) is 2.81. The summed E-state index contributed by atoms with van der Waals surface area (Å²) < 4.78 is 34.2. The molecule has 0 amide bonds. The van der Waals surface area contributed by atoms with E-state index in [9.17, 15) is 8.42 Å². The van der Waals surface area contributed by atoms with E-state index in [1.807, 2.05) is 13.8 Å². The fraction of sp³-hybridized carbons (Fsp3) is 1.00. The monoisotopic (exact) mass is 237 g/mol. The van der Waals surface area contributed by atoms with Crippen LogP contribution in [0.5, 0.6) is 0 Å². The summed E-state index contributed by atoms with van der Waals surface area (Å²) in [6, 6.07) is 0. The van der Waals surface area contributed by atoms with E-state index >= 15 is 0 Å². The average molecular weight is 237 g/mol. The van der Waals surface area contributed by atoms with Crippen molar-refractivity contribution in [1.29, 1.82) is 0 Å². The highest BCUT2D eigenvalue weighted by molar-refractivity contribution is 7.80. The minimum atomic E-state index is -4.32. The largest absolute Gasteiger partial charge is 0.397 e. The van der Waals surface area contributed by atoms with Crippen LogP contribution in [0.4, 0.5) is 0 Å². The Kier molecular flexibility index (Phi) is 4.11. The van der Waals surface area contributed by atoms with E-state index in [4.69, 9.17) is 4.55 Å². The van der Waals surface area contributed by atoms with Crippen LogP contribution in [0.3, 0.4) is 0 Å². The molecule has 0 aromatic carbocycles. The third-order valence-electron chi connectivity index (χ3n) is 3.26. The summed E-state index contributed by atoms with van der Waals surface area (Å²) in [5.41, 5.74) is -0.218. The quantitative estimate of drug-likeness (QED) is 0.724. The third kappa shape index (κ3) is 3.14. The molecule has 1 aliphatic rings. The summed E-state index contributed by atoms with van der Waals surface area (Å²) in [5, 5.41) is 0. The lowest BCUT2D eigenvalue weighted by Crippen LogP contribution is -2.47. The van der Waals surface area contributed by atoms with E-state index in [1.54, 1.807) is 0 Å².